The first-order chi connectivity index (χ1) is 14.1. The number of amides is 1. The Balaban J connectivity index is 0.00000450. The molecule has 0 unspecified atom stereocenters. The number of carbonyl (C=O) groups excluding carboxylic acids is 1. The van der Waals surface area contributed by atoms with Crippen molar-refractivity contribution in [2.45, 2.75) is 59.3 Å². The van der Waals surface area contributed by atoms with Gasteiger partial charge in [0.25, 0.3) is 0 Å². The molecule has 8 heteroatoms. The van der Waals surface area contributed by atoms with Crippen LogP contribution in [0.4, 0.5) is 0 Å². The van der Waals surface area contributed by atoms with Gasteiger partial charge in [-0.2, -0.15) is 0 Å². The molecule has 2 N–H and O–H groups in total. The van der Waals surface area contributed by atoms with Crippen molar-refractivity contribution in [3.05, 3.63) is 0 Å². The highest BCUT2D eigenvalue weighted by molar-refractivity contribution is 14.0. The third-order valence-corrected chi connectivity index (χ3v) is 6.78. The quantitative estimate of drug-likeness (QED) is 0.269. The molecule has 0 aromatic carbocycles. The van der Waals surface area contributed by atoms with Gasteiger partial charge in [-0.15, -0.1) is 24.0 Å². The van der Waals surface area contributed by atoms with Crippen LogP contribution in [0.15, 0.2) is 4.99 Å². The molecular weight excluding hydrogens is 493 g/mol. The number of rotatable bonds is 9. The highest BCUT2D eigenvalue weighted by atomic mass is 127. The number of aliphatic hydroxyl groups excluding tert-OH is 1. The van der Waals surface area contributed by atoms with Gasteiger partial charge in [0, 0.05) is 59.0 Å². The minimum absolute atomic E-state index is 0. The fourth-order valence-electron chi connectivity index (χ4n) is 4.36. The van der Waals surface area contributed by atoms with Crippen LogP contribution in [0.1, 0.15) is 59.3 Å². The third-order valence-electron chi connectivity index (χ3n) is 6.78. The summed E-state index contributed by atoms with van der Waals surface area (Å²) in [5.41, 5.74) is 0.0815. The van der Waals surface area contributed by atoms with E-state index in [1.54, 1.807) is 0 Å². The fourth-order valence-corrected chi connectivity index (χ4v) is 4.36. The van der Waals surface area contributed by atoms with Crippen molar-refractivity contribution in [2.24, 2.45) is 10.4 Å². The van der Waals surface area contributed by atoms with Crippen molar-refractivity contribution in [2.75, 3.05) is 65.5 Å². The van der Waals surface area contributed by atoms with E-state index in [-0.39, 0.29) is 36.0 Å². The smallest absolute Gasteiger partial charge is 0.236 e. The van der Waals surface area contributed by atoms with Gasteiger partial charge >= 0.3 is 0 Å². The molecule has 0 saturated carbocycles. The van der Waals surface area contributed by atoms with Crippen LogP contribution in [-0.4, -0.2) is 97.2 Å². The van der Waals surface area contributed by atoms with Gasteiger partial charge in [0.15, 0.2) is 5.96 Å². The van der Waals surface area contributed by atoms with Crippen LogP contribution in [-0.2, 0) is 4.79 Å². The lowest BCUT2D eigenvalue weighted by Crippen LogP contribution is -2.54. The van der Waals surface area contributed by atoms with Gasteiger partial charge in [-0.25, -0.2) is 0 Å². The lowest BCUT2D eigenvalue weighted by Gasteiger charge is -2.38. The molecule has 2 aliphatic heterocycles. The monoisotopic (exact) mass is 537 g/mol. The summed E-state index contributed by atoms with van der Waals surface area (Å²) in [7, 11) is 0. The summed E-state index contributed by atoms with van der Waals surface area (Å²) < 4.78 is 0. The van der Waals surface area contributed by atoms with E-state index in [9.17, 15) is 9.90 Å². The number of likely N-dealkylation sites (tertiary alicyclic amines) is 1. The van der Waals surface area contributed by atoms with Crippen molar-refractivity contribution < 1.29 is 9.90 Å². The van der Waals surface area contributed by atoms with Crippen LogP contribution in [0, 0.1) is 5.41 Å². The molecule has 0 aromatic heterocycles. The second kappa shape index (κ2) is 14.5. The largest absolute Gasteiger partial charge is 0.396 e. The maximum atomic E-state index is 12.5. The fraction of sp³-hybridized carbons (Fsp3) is 0.909. The molecule has 0 aromatic rings. The predicted molar refractivity (Wildman–Crippen MR) is 135 cm³/mol. The topological polar surface area (TPSA) is 71.4 Å². The summed E-state index contributed by atoms with van der Waals surface area (Å²) in [5.74, 6) is 1.26. The molecule has 1 amide bonds. The molecular formula is C22H44IN5O2. The molecule has 30 heavy (non-hydrogen) atoms. The number of hydrogen-bond acceptors (Lipinski definition) is 4. The van der Waals surface area contributed by atoms with Crippen molar-refractivity contribution in [3.8, 4) is 0 Å². The Bertz CT molecular complexity index is 514. The highest BCUT2D eigenvalue weighted by Crippen LogP contribution is 2.30. The van der Waals surface area contributed by atoms with E-state index >= 15 is 0 Å². The first kappa shape index (κ1) is 27.4. The molecule has 0 bridgehead atoms. The van der Waals surface area contributed by atoms with Crippen LogP contribution in [0.2, 0.25) is 0 Å². The lowest BCUT2D eigenvalue weighted by atomic mass is 9.79. The zero-order valence-corrected chi connectivity index (χ0v) is 21.7. The minimum atomic E-state index is 0. The molecule has 7 nitrogen and oxygen atoms in total. The molecule has 0 aliphatic carbocycles. The van der Waals surface area contributed by atoms with Crippen LogP contribution >= 0.6 is 24.0 Å². The molecule has 2 fully saturated rings. The van der Waals surface area contributed by atoms with Gasteiger partial charge in [0.1, 0.15) is 0 Å². The first-order valence-electron chi connectivity index (χ1n) is 11.7. The van der Waals surface area contributed by atoms with Crippen LogP contribution in [0.25, 0.3) is 0 Å². The second-order valence-electron chi connectivity index (χ2n) is 8.56. The molecule has 2 saturated heterocycles. The van der Waals surface area contributed by atoms with Gasteiger partial charge < -0.3 is 20.2 Å². The number of carbonyl (C=O) groups is 1. The Hall–Kier alpha value is -0.610. The SMILES string of the molecule is CCNC(=NCC(CC)(CC)CCO)N1CCN(CC(=O)N2CCCCC2)CC1.I. The number of aliphatic hydroxyl groups is 1. The van der Waals surface area contributed by atoms with E-state index in [0.29, 0.717) is 12.5 Å². The first-order valence-corrected chi connectivity index (χ1v) is 11.7. The number of nitrogens with zero attached hydrogens (tertiary/aromatic N) is 4. The average Bonchev–Trinajstić information content (AvgIpc) is 2.77. The summed E-state index contributed by atoms with van der Waals surface area (Å²) >= 11 is 0. The second-order valence-corrected chi connectivity index (χ2v) is 8.56. The van der Waals surface area contributed by atoms with E-state index in [1.165, 1.54) is 6.42 Å². The average molecular weight is 538 g/mol. The molecule has 0 radical (unpaired) electrons. The Morgan fingerprint density at radius 1 is 0.967 bits per heavy atom. The Kier molecular flexibility index (Phi) is 13.2. The van der Waals surface area contributed by atoms with Gasteiger partial charge in [-0.3, -0.25) is 14.7 Å². The number of nitrogens with one attached hydrogen (secondary N) is 1. The standard InChI is InChI=1S/C22H43N5O2.HI/c1-4-22(5-2,10-17-28)19-24-21(23-6-3)27-15-13-25(14-16-27)18-20(29)26-11-8-7-9-12-26;/h28H,4-19H2,1-3H3,(H,23,24);1H. The number of hydrogen-bond donors (Lipinski definition) is 2. The summed E-state index contributed by atoms with van der Waals surface area (Å²) in [6, 6.07) is 0. The summed E-state index contributed by atoms with van der Waals surface area (Å²) in [5, 5.41) is 12.9. The van der Waals surface area contributed by atoms with Gasteiger partial charge in [-0.1, -0.05) is 13.8 Å². The maximum absolute atomic E-state index is 12.5. The van der Waals surface area contributed by atoms with Crippen molar-refractivity contribution >= 4 is 35.8 Å². The van der Waals surface area contributed by atoms with E-state index in [0.717, 1.165) is 90.4 Å². The number of halogens is 1. The van der Waals surface area contributed by atoms with Crippen LogP contribution in [0.5, 0.6) is 0 Å². The van der Waals surface area contributed by atoms with Crippen LogP contribution in [0.3, 0.4) is 0 Å². The lowest BCUT2D eigenvalue weighted by molar-refractivity contribution is -0.133. The Morgan fingerprint density at radius 3 is 2.13 bits per heavy atom. The van der Waals surface area contributed by atoms with Crippen LogP contribution < -0.4 is 5.32 Å². The Morgan fingerprint density at radius 2 is 1.60 bits per heavy atom. The molecule has 2 aliphatic rings. The van der Waals surface area contributed by atoms with Gasteiger partial charge in [0.2, 0.25) is 5.91 Å². The summed E-state index contributed by atoms with van der Waals surface area (Å²) in [6.07, 6.45) is 6.41. The molecule has 0 atom stereocenters. The zero-order chi connectivity index (χ0) is 21.1. The normalized spacial score (nSPS) is 18.9. The number of aliphatic imine (C=N–C) groups is 1. The van der Waals surface area contributed by atoms with Crippen molar-refractivity contribution in [1.82, 2.24) is 20.0 Å². The van der Waals surface area contributed by atoms with E-state index in [4.69, 9.17) is 4.99 Å². The molecule has 0 spiro atoms. The van der Waals surface area contributed by atoms with E-state index in [2.05, 4.69) is 35.9 Å². The van der Waals surface area contributed by atoms with Gasteiger partial charge in [0.05, 0.1) is 6.54 Å². The maximum Gasteiger partial charge on any atom is 0.236 e. The summed E-state index contributed by atoms with van der Waals surface area (Å²) in [4.78, 5) is 24.1. The Labute approximate surface area is 200 Å². The van der Waals surface area contributed by atoms with E-state index in [1.807, 2.05) is 4.90 Å². The zero-order valence-electron chi connectivity index (χ0n) is 19.4. The predicted octanol–water partition coefficient (Wildman–Crippen LogP) is 2.39. The molecule has 176 valence electrons. The molecule has 2 heterocycles. The molecule has 2 rings (SSSR count). The van der Waals surface area contributed by atoms with Crippen molar-refractivity contribution in [1.29, 1.82) is 0 Å². The number of piperidine rings is 1. The van der Waals surface area contributed by atoms with Gasteiger partial charge in [-0.05, 0) is 50.9 Å². The minimum Gasteiger partial charge on any atom is -0.396 e. The van der Waals surface area contributed by atoms with Crippen molar-refractivity contribution in [3.63, 3.8) is 0 Å². The highest BCUT2D eigenvalue weighted by Gasteiger charge is 2.27. The summed E-state index contributed by atoms with van der Waals surface area (Å²) in [6.45, 7) is 14.3. The number of guanidine groups is 1. The van der Waals surface area contributed by atoms with E-state index < -0.39 is 0 Å². The number of piperazine rings is 1. The third kappa shape index (κ3) is 8.15.